The van der Waals surface area contributed by atoms with E-state index in [1.54, 1.807) is 11.3 Å². The van der Waals surface area contributed by atoms with E-state index in [0.717, 1.165) is 15.3 Å². The van der Waals surface area contributed by atoms with Crippen molar-refractivity contribution >= 4 is 114 Å². The minimum Gasteiger partial charge on any atom is -0.119 e. The van der Waals surface area contributed by atoms with Gasteiger partial charge in [-0.3, -0.25) is 0 Å². The Labute approximate surface area is 192 Å². The van der Waals surface area contributed by atoms with Gasteiger partial charge in [-0.25, -0.2) is 0 Å². The number of benzene rings is 1. The van der Waals surface area contributed by atoms with Gasteiger partial charge in [0.15, 0.2) is 0 Å². The Morgan fingerprint density at radius 1 is 0.808 bits per heavy atom. The second kappa shape index (κ2) is 9.26. The summed E-state index contributed by atoms with van der Waals surface area (Å²) in [6.45, 7) is 4.45. The van der Waals surface area contributed by atoms with Crippen molar-refractivity contribution in [1.82, 2.24) is 0 Å². The first-order valence-electron chi connectivity index (χ1n) is 7.88. The molecule has 0 amide bonds. The van der Waals surface area contributed by atoms with E-state index in [1.807, 2.05) is 81.9 Å². The Kier molecular flexibility index (Phi) is 7.24. The zero-order chi connectivity index (χ0) is 18.1. The largest absolute Gasteiger partial charge is 0.119 e. The van der Waals surface area contributed by atoms with E-state index in [1.165, 1.54) is 35.1 Å². The highest BCUT2D eigenvalue weighted by Gasteiger charge is 2.23. The zero-order valence-corrected chi connectivity index (χ0v) is 21.2. The molecule has 0 bridgehead atoms. The van der Waals surface area contributed by atoms with Gasteiger partial charge in [0.1, 0.15) is 7.67 Å². The molecule has 9 heteroatoms. The van der Waals surface area contributed by atoms with Crippen LogP contribution in [0.1, 0.15) is 13.8 Å². The SMILES string of the molecule is CCSC1=C(SCC)SC(=c2sc(=S)c(=C3Sc4ccccc4S3)s2)S1. The maximum Gasteiger partial charge on any atom is 0.110 e. The van der Waals surface area contributed by atoms with Crippen molar-refractivity contribution in [3.8, 4) is 0 Å². The van der Waals surface area contributed by atoms with Crippen LogP contribution in [0.4, 0.5) is 0 Å². The van der Waals surface area contributed by atoms with Crippen molar-refractivity contribution in [2.24, 2.45) is 0 Å². The minimum atomic E-state index is 1.03. The van der Waals surface area contributed by atoms with Gasteiger partial charge >= 0.3 is 0 Å². The lowest BCUT2D eigenvalue weighted by molar-refractivity contribution is 1.27. The van der Waals surface area contributed by atoms with E-state index in [4.69, 9.17) is 12.2 Å². The van der Waals surface area contributed by atoms with E-state index in [0.29, 0.717) is 0 Å². The van der Waals surface area contributed by atoms with Gasteiger partial charge < -0.3 is 0 Å². The molecule has 3 heterocycles. The van der Waals surface area contributed by atoms with Crippen LogP contribution in [-0.2, 0) is 0 Å². The Hall–Kier alpha value is 1.07. The lowest BCUT2D eigenvalue weighted by Gasteiger charge is -1.99. The van der Waals surface area contributed by atoms with Gasteiger partial charge in [0.25, 0.3) is 0 Å². The summed E-state index contributed by atoms with van der Waals surface area (Å²) in [6.07, 6.45) is 0. The zero-order valence-electron chi connectivity index (χ0n) is 13.9. The maximum absolute atomic E-state index is 5.74. The summed E-state index contributed by atoms with van der Waals surface area (Å²) in [4.78, 5) is 2.70. The van der Waals surface area contributed by atoms with Crippen LogP contribution in [0, 0.1) is 3.82 Å². The van der Waals surface area contributed by atoms with Crippen LogP contribution < -0.4 is 8.38 Å². The summed E-state index contributed by atoms with van der Waals surface area (Å²) in [6, 6.07) is 8.62. The van der Waals surface area contributed by atoms with Crippen molar-refractivity contribution in [2.45, 2.75) is 23.6 Å². The second-order valence-corrected chi connectivity index (χ2v) is 15.7. The Morgan fingerprint density at radius 3 is 1.92 bits per heavy atom. The lowest BCUT2D eigenvalue weighted by Crippen LogP contribution is -1.96. The van der Waals surface area contributed by atoms with Crippen molar-refractivity contribution in [1.29, 1.82) is 0 Å². The maximum atomic E-state index is 5.74. The molecule has 0 N–H and O–H groups in total. The van der Waals surface area contributed by atoms with Crippen LogP contribution in [0.25, 0.3) is 8.47 Å². The third-order valence-corrected chi connectivity index (χ3v) is 14.9. The highest BCUT2D eigenvalue weighted by molar-refractivity contribution is 8.45. The first-order valence-corrected chi connectivity index (χ1v) is 15.2. The molecule has 0 aliphatic carbocycles. The molecule has 0 fully saturated rings. The first kappa shape index (κ1) is 20.3. The number of fused-ring (bicyclic) bond motifs is 1. The summed E-state index contributed by atoms with van der Waals surface area (Å²) in [5.41, 5.74) is 0. The van der Waals surface area contributed by atoms with Crippen LogP contribution in [0.15, 0.2) is 42.5 Å². The molecule has 1 aromatic carbocycles. The number of hydrogen-bond acceptors (Lipinski definition) is 9. The van der Waals surface area contributed by atoms with Crippen LogP contribution in [0.5, 0.6) is 0 Å². The normalized spacial score (nSPS) is 16.7. The molecular formula is C17H14S9. The van der Waals surface area contributed by atoms with Gasteiger partial charge in [0.2, 0.25) is 0 Å². The van der Waals surface area contributed by atoms with E-state index >= 15 is 0 Å². The van der Waals surface area contributed by atoms with E-state index in [2.05, 4.69) is 38.1 Å². The average molecular weight is 507 g/mol. The third-order valence-electron chi connectivity index (χ3n) is 3.26. The van der Waals surface area contributed by atoms with Gasteiger partial charge in [0, 0.05) is 9.79 Å². The van der Waals surface area contributed by atoms with Crippen LogP contribution in [-0.4, -0.2) is 11.5 Å². The van der Waals surface area contributed by atoms with Gasteiger partial charge in [-0.15, -0.1) is 46.2 Å². The van der Waals surface area contributed by atoms with Gasteiger partial charge in [0.05, 0.1) is 21.5 Å². The molecule has 0 saturated heterocycles. The topological polar surface area (TPSA) is 0 Å². The number of rotatable bonds is 4. The first-order chi connectivity index (χ1) is 12.7. The Bertz CT molecular complexity index is 994. The highest BCUT2D eigenvalue weighted by Crippen LogP contribution is 2.58. The van der Waals surface area contributed by atoms with Crippen molar-refractivity contribution in [2.75, 3.05) is 11.5 Å². The number of thioether (sulfide) groups is 6. The van der Waals surface area contributed by atoms with Crippen LogP contribution in [0.3, 0.4) is 0 Å². The summed E-state index contributed by atoms with van der Waals surface area (Å²) in [7, 11) is 0. The molecule has 4 rings (SSSR count). The molecule has 2 aromatic rings. The van der Waals surface area contributed by atoms with Crippen molar-refractivity contribution in [3.63, 3.8) is 0 Å². The van der Waals surface area contributed by atoms with E-state index in [-0.39, 0.29) is 0 Å². The molecule has 2 aliphatic rings. The summed E-state index contributed by atoms with van der Waals surface area (Å²) < 4.78 is 9.37. The summed E-state index contributed by atoms with van der Waals surface area (Å²) >= 11 is 20.9. The predicted molar refractivity (Wildman–Crippen MR) is 136 cm³/mol. The molecule has 0 atom stereocenters. The minimum absolute atomic E-state index is 1.03. The fourth-order valence-corrected chi connectivity index (χ4v) is 14.1. The quantitative estimate of drug-likeness (QED) is 0.385. The number of hydrogen-bond donors (Lipinski definition) is 0. The molecular weight excluding hydrogens is 493 g/mol. The predicted octanol–water partition coefficient (Wildman–Crippen LogP) is 7.68. The smallest absolute Gasteiger partial charge is 0.110 e. The fourth-order valence-electron chi connectivity index (χ4n) is 2.22. The molecule has 0 nitrogen and oxygen atoms in total. The van der Waals surface area contributed by atoms with E-state index < -0.39 is 0 Å². The van der Waals surface area contributed by atoms with Gasteiger partial charge in [-0.05, 0) is 23.6 Å². The molecule has 0 unspecified atom stereocenters. The third kappa shape index (κ3) is 4.31. The molecule has 136 valence electrons. The Balaban J connectivity index is 1.72. The molecule has 0 radical (unpaired) electrons. The monoisotopic (exact) mass is 506 g/mol. The van der Waals surface area contributed by atoms with Crippen LogP contribution >= 0.6 is 105 Å². The summed E-state index contributed by atoms with van der Waals surface area (Å²) in [5, 5.41) is 0. The standard InChI is InChI=1S/C17H14S9/c1-3-19-14-15(20-4-2)26-17(25-14)16-23-11(12(18)24-16)13-21-9-7-5-6-8-10(9)22-13/h5-8H,3-4H2,1-2H3. The van der Waals surface area contributed by atoms with Crippen LogP contribution in [0.2, 0.25) is 0 Å². The molecule has 0 saturated carbocycles. The highest BCUT2D eigenvalue weighted by atomic mass is 32.3. The van der Waals surface area contributed by atoms with Gasteiger partial charge in [-0.1, -0.05) is 85.2 Å². The molecule has 26 heavy (non-hydrogen) atoms. The molecule has 2 aliphatic heterocycles. The molecule has 1 aromatic heterocycles. The lowest BCUT2D eigenvalue weighted by atomic mass is 10.4. The average Bonchev–Trinajstić information content (AvgIpc) is 3.32. The van der Waals surface area contributed by atoms with Crippen molar-refractivity contribution < 1.29 is 0 Å². The summed E-state index contributed by atoms with van der Waals surface area (Å²) in [5.74, 6) is 2.25. The molecule has 0 spiro atoms. The fraction of sp³-hybridized carbons (Fsp3) is 0.235. The van der Waals surface area contributed by atoms with Crippen molar-refractivity contribution in [3.05, 3.63) is 44.9 Å². The van der Waals surface area contributed by atoms with E-state index in [9.17, 15) is 0 Å². The van der Waals surface area contributed by atoms with Gasteiger partial charge in [-0.2, -0.15) is 0 Å². The Morgan fingerprint density at radius 2 is 1.38 bits per heavy atom. The second-order valence-electron chi connectivity index (χ2n) is 4.98.